The average molecular weight is 332 g/mol. The van der Waals surface area contributed by atoms with Crippen molar-refractivity contribution in [2.75, 3.05) is 26.2 Å². The second-order valence-corrected chi connectivity index (χ2v) is 7.23. The van der Waals surface area contributed by atoms with E-state index in [4.69, 9.17) is 5.11 Å². The summed E-state index contributed by atoms with van der Waals surface area (Å²) in [7, 11) is 0. The largest absolute Gasteiger partial charge is 0.478 e. The Bertz CT molecular complexity index is 668. The van der Waals surface area contributed by atoms with E-state index in [1.807, 2.05) is 20.8 Å². The van der Waals surface area contributed by atoms with Gasteiger partial charge in [-0.2, -0.15) is 0 Å². The molecule has 0 unspecified atom stereocenters. The SMILES string of the molecule is Cc1cc(C(=O)O)cc(C(=O)N2CCN(C(=O)C(C)(C)C)CC2)c1. The van der Waals surface area contributed by atoms with Crippen LogP contribution in [0.3, 0.4) is 0 Å². The monoisotopic (exact) mass is 332 g/mol. The van der Waals surface area contributed by atoms with Gasteiger partial charge in [-0.1, -0.05) is 20.8 Å². The van der Waals surface area contributed by atoms with Crippen molar-refractivity contribution in [2.24, 2.45) is 5.41 Å². The van der Waals surface area contributed by atoms with Gasteiger partial charge in [0.1, 0.15) is 0 Å². The molecule has 24 heavy (non-hydrogen) atoms. The van der Waals surface area contributed by atoms with Crippen LogP contribution in [0.4, 0.5) is 0 Å². The number of carboxylic acids is 1. The third-order valence-electron chi connectivity index (χ3n) is 4.07. The molecule has 0 radical (unpaired) electrons. The van der Waals surface area contributed by atoms with Gasteiger partial charge >= 0.3 is 5.97 Å². The standard InChI is InChI=1S/C18H24N2O4/c1-12-9-13(11-14(10-12)16(22)23)15(21)19-5-7-20(8-6-19)17(24)18(2,3)4/h9-11H,5-8H2,1-4H3,(H,22,23). The van der Waals surface area contributed by atoms with Gasteiger partial charge in [-0.15, -0.1) is 0 Å². The van der Waals surface area contributed by atoms with Crippen LogP contribution in [0.15, 0.2) is 18.2 Å². The van der Waals surface area contributed by atoms with E-state index in [1.54, 1.807) is 28.9 Å². The van der Waals surface area contributed by atoms with Crippen molar-refractivity contribution in [3.05, 3.63) is 34.9 Å². The summed E-state index contributed by atoms with van der Waals surface area (Å²) in [6, 6.07) is 4.64. The second-order valence-electron chi connectivity index (χ2n) is 7.23. The van der Waals surface area contributed by atoms with E-state index in [1.165, 1.54) is 6.07 Å². The Morgan fingerprint density at radius 2 is 1.42 bits per heavy atom. The fourth-order valence-electron chi connectivity index (χ4n) is 2.80. The number of aryl methyl sites for hydroxylation is 1. The molecule has 0 bridgehead atoms. The van der Waals surface area contributed by atoms with E-state index in [9.17, 15) is 14.4 Å². The topological polar surface area (TPSA) is 77.9 Å². The minimum absolute atomic E-state index is 0.0818. The normalized spacial score (nSPS) is 15.3. The number of rotatable bonds is 2. The maximum Gasteiger partial charge on any atom is 0.335 e. The number of aromatic carboxylic acids is 1. The quantitative estimate of drug-likeness (QED) is 0.899. The fraction of sp³-hybridized carbons (Fsp3) is 0.500. The molecule has 1 aromatic rings. The Balaban J connectivity index is 2.08. The van der Waals surface area contributed by atoms with Crippen molar-refractivity contribution in [3.63, 3.8) is 0 Å². The van der Waals surface area contributed by atoms with Crippen molar-refractivity contribution >= 4 is 17.8 Å². The number of piperazine rings is 1. The van der Waals surface area contributed by atoms with E-state index in [0.717, 1.165) is 5.56 Å². The number of hydrogen-bond acceptors (Lipinski definition) is 3. The molecule has 1 saturated heterocycles. The number of hydrogen-bond donors (Lipinski definition) is 1. The van der Waals surface area contributed by atoms with Gasteiger partial charge in [-0.05, 0) is 30.7 Å². The van der Waals surface area contributed by atoms with Crippen LogP contribution in [-0.2, 0) is 4.79 Å². The van der Waals surface area contributed by atoms with Crippen molar-refractivity contribution in [3.8, 4) is 0 Å². The molecule has 2 rings (SSSR count). The molecular weight excluding hydrogens is 308 g/mol. The van der Waals surface area contributed by atoms with E-state index < -0.39 is 11.4 Å². The minimum Gasteiger partial charge on any atom is -0.478 e. The third kappa shape index (κ3) is 3.93. The van der Waals surface area contributed by atoms with E-state index in [2.05, 4.69) is 0 Å². The van der Waals surface area contributed by atoms with Crippen LogP contribution in [0.2, 0.25) is 0 Å². The predicted molar refractivity (Wildman–Crippen MR) is 90.1 cm³/mol. The summed E-state index contributed by atoms with van der Waals surface area (Å²) in [5.41, 5.74) is 0.793. The lowest BCUT2D eigenvalue weighted by molar-refractivity contribution is -0.140. The predicted octanol–water partition coefficient (Wildman–Crippen LogP) is 2.02. The average Bonchev–Trinajstić information content (AvgIpc) is 2.52. The molecule has 0 spiro atoms. The highest BCUT2D eigenvalue weighted by molar-refractivity contribution is 5.98. The van der Waals surface area contributed by atoms with Gasteiger partial charge < -0.3 is 14.9 Å². The van der Waals surface area contributed by atoms with Crippen LogP contribution in [-0.4, -0.2) is 58.9 Å². The zero-order valence-corrected chi connectivity index (χ0v) is 14.6. The van der Waals surface area contributed by atoms with Gasteiger partial charge in [-0.3, -0.25) is 9.59 Å². The van der Waals surface area contributed by atoms with Crippen LogP contribution in [0.5, 0.6) is 0 Å². The van der Waals surface area contributed by atoms with Crippen molar-refractivity contribution < 1.29 is 19.5 Å². The van der Waals surface area contributed by atoms with E-state index >= 15 is 0 Å². The molecule has 0 atom stereocenters. The lowest BCUT2D eigenvalue weighted by atomic mass is 9.94. The number of carbonyl (C=O) groups excluding carboxylic acids is 2. The van der Waals surface area contributed by atoms with Gasteiger partial charge in [-0.25, -0.2) is 4.79 Å². The highest BCUT2D eigenvalue weighted by Crippen LogP contribution is 2.19. The van der Waals surface area contributed by atoms with Gasteiger partial charge in [0, 0.05) is 37.2 Å². The first-order valence-electron chi connectivity index (χ1n) is 8.03. The lowest BCUT2D eigenvalue weighted by Gasteiger charge is -2.37. The second kappa shape index (κ2) is 6.63. The summed E-state index contributed by atoms with van der Waals surface area (Å²) in [5.74, 6) is -1.16. The van der Waals surface area contributed by atoms with Gasteiger partial charge in [0.25, 0.3) is 5.91 Å². The Labute approximate surface area is 142 Å². The summed E-state index contributed by atoms with van der Waals surface area (Å²) in [5, 5.41) is 9.13. The summed E-state index contributed by atoms with van der Waals surface area (Å²) >= 11 is 0. The summed E-state index contributed by atoms with van der Waals surface area (Å²) in [6.45, 7) is 9.32. The summed E-state index contributed by atoms with van der Waals surface area (Å²) in [4.78, 5) is 39.5. The molecule has 1 aliphatic rings. The zero-order chi connectivity index (χ0) is 18.1. The number of carbonyl (C=O) groups is 3. The molecule has 1 aliphatic heterocycles. The molecule has 0 aliphatic carbocycles. The molecule has 1 fully saturated rings. The molecule has 1 aromatic carbocycles. The molecule has 6 nitrogen and oxygen atoms in total. The van der Waals surface area contributed by atoms with Crippen LogP contribution in [0, 0.1) is 12.3 Å². The first-order valence-corrected chi connectivity index (χ1v) is 8.03. The van der Waals surface area contributed by atoms with Crippen molar-refractivity contribution in [1.29, 1.82) is 0 Å². The van der Waals surface area contributed by atoms with Crippen LogP contribution < -0.4 is 0 Å². The summed E-state index contributed by atoms with van der Waals surface area (Å²) in [6.07, 6.45) is 0. The molecule has 1 heterocycles. The van der Waals surface area contributed by atoms with Crippen molar-refractivity contribution in [1.82, 2.24) is 9.80 Å². The van der Waals surface area contributed by atoms with E-state index in [0.29, 0.717) is 31.7 Å². The maximum atomic E-state index is 12.6. The maximum absolute atomic E-state index is 12.6. The molecule has 0 saturated carbocycles. The van der Waals surface area contributed by atoms with Gasteiger partial charge in [0.2, 0.25) is 5.91 Å². The van der Waals surface area contributed by atoms with Crippen LogP contribution >= 0.6 is 0 Å². The van der Waals surface area contributed by atoms with Crippen LogP contribution in [0.25, 0.3) is 0 Å². The number of nitrogens with zero attached hydrogens (tertiary/aromatic N) is 2. The van der Waals surface area contributed by atoms with Crippen LogP contribution in [0.1, 0.15) is 47.1 Å². The fourth-order valence-corrected chi connectivity index (χ4v) is 2.80. The first-order chi connectivity index (χ1) is 11.1. The molecule has 0 aromatic heterocycles. The number of amides is 2. The molecular formula is C18H24N2O4. The molecule has 130 valence electrons. The Kier molecular flexibility index (Phi) is 4.96. The summed E-state index contributed by atoms with van der Waals surface area (Å²) < 4.78 is 0. The van der Waals surface area contributed by atoms with Gasteiger partial charge in [0.15, 0.2) is 0 Å². The Hall–Kier alpha value is -2.37. The highest BCUT2D eigenvalue weighted by Gasteiger charge is 2.31. The van der Waals surface area contributed by atoms with E-state index in [-0.39, 0.29) is 17.4 Å². The molecule has 1 N–H and O–H groups in total. The minimum atomic E-state index is -1.05. The Morgan fingerprint density at radius 3 is 1.92 bits per heavy atom. The number of benzene rings is 1. The highest BCUT2D eigenvalue weighted by atomic mass is 16.4. The lowest BCUT2D eigenvalue weighted by Crippen LogP contribution is -2.53. The zero-order valence-electron chi connectivity index (χ0n) is 14.6. The van der Waals surface area contributed by atoms with Gasteiger partial charge in [0.05, 0.1) is 5.56 Å². The molecule has 6 heteroatoms. The smallest absolute Gasteiger partial charge is 0.335 e. The molecule has 2 amide bonds. The Morgan fingerprint density at radius 1 is 0.917 bits per heavy atom. The first kappa shape index (κ1) is 18.0. The third-order valence-corrected chi connectivity index (χ3v) is 4.07. The number of carboxylic acid groups (broad SMARTS) is 1. The van der Waals surface area contributed by atoms with Crippen molar-refractivity contribution in [2.45, 2.75) is 27.7 Å².